The molecule has 0 aliphatic rings. The van der Waals surface area contributed by atoms with E-state index in [0.29, 0.717) is 31.3 Å². The van der Waals surface area contributed by atoms with Crippen molar-refractivity contribution < 1.29 is 9.53 Å². The van der Waals surface area contributed by atoms with Crippen molar-refractivity contribution in [3.8, 4) is 0 Å². The van der Waals surface area contributed by atoms with E-state index in [2.05, 4.69) is 37.7 Å². The number of carbonyl (C=O) groups is 1. The molecular weight excluding hydrogens is 318 g/mol. The molecule has 130 valence electrons. The lowest BCUT2D eigenvalue weighted by molar-refractivity contribution is 0.0932. The van der Waals surface area contributed by atoms with Gasteiger partial charge in [0.05, 0.1) is 6.61 Å². The smallest absolute Gasteiger partial charge is 0.270 e. The van der Waals surface area contributed by atoms with Crippen LogP contribution in [0.15, 0.2) is 42.7 Å². The van der Waals surface area contributed by atoms with Crippen LogP contribution in [0.1, 0.15) is 16.1 Å². The Hall–Kier alpha value is -2.93. The minimum Gasteiger partial charge on any atom is -0.383 e. The lowest BCUT2D eigenvalue weighted by Gasteiger charge is -2.07. The molecule has 2 heterocycles. The maximum Gasteiger partial charge on any atom is 0.270 e. The number of methoxy groups -OCH3 is 1. The minimum absolute atomic E-state index is 0.237. The number of nitrogens with zero attached hydrogens (tertiary/aromatic N) is 2. The van der Waals surface area contributed by atoms with Gasteiger partial charge in [0.25, 0.3) is 5.91 Å². The van der Waals surface area contributed by atoms with Crippen LogP contribution in [0.2, 0.25) is 0 Å². The number of ether oxygens (including phenoxy) is 1. The van der Waals surface area contributed by atoms with E-state index in [-0.39, 0.29) is 5.91 Å². The van der Waals surface area contributed by atoms with Gasteiger partial charge in [-0.25, -0.2) is 9.97 Å². The molecule has 1 aromatic carbocycles. The van der Waals surface area contributed by atoms with Crippen molar-refractivity contribution in [2.24, 2.45) is 0 Å². The molecule has 7 nitrogen and oxygen atoms in total. The number of fused-ring (bicyclic) bond motifs is 1. The number of aromatic nitrogens is 3. The number of aromatic amines is 1. The van der Waals surface area contributed by atoms with E-state index < -0.39 is 0 Å². The Bertz CT molecular complexity index is 846. The second kappa shape index (κ2) is 8.25. The van der Waals surface area contributed by atoms with Gasteiger partial charge in [0.1, 0.15) is 5.69 Å². The fourth-order valence-electron chi connectivity index (χ4n) is 2.57. The number of para-hydroxylation sites is 1. The zero-order valence-electron chi connectivity index (χ0n) is 14.1. The molecule has 0 bridgehead atoms. The average molecular weight is 339 g/mol. The first-order valence-corrected chi connectivity index (χ1v) is 8.17. The summed E-state index contributed by atoms with van der Waals surface area (Å²) in [5.74, 6) is 0.207. The van der Waals surface area contributed by atoms with E-state index in [1.54, 1.807) is 19.4 Å². The van der Waals surface area contributed by atoms with Gasteiger partial charge < -0.3 is 20.4 Å². The number of hydrogen-bond acceptors (Lipinski definition) is 5. The van der Waals surface area contributed by atoms with Crippen molar-refractivity contribution in [3.63, 3.8) is 0 Å². The molecule has 0 spiro atoms. The molecule has 0 saturated heterocycles. The van der Waals surface area contributed by atoms with Crippen LogP contribution in [-0.2, 0) is 11.2 Å². The van der Waals surface area contributed by atoms with E-state index in [1.807, 2.05) is 18.3 Å². The molecule has 0 unspecified atom stereocenters. The van der Waals surface area contributed by atoms with E-state index >= 15 is 0 Å². The molecule has 3 rings (SSSR count). The van der Waals surface area contributed by atoms with Gasteiger partial charge in [0.2, 0.25) is 5.95 Å². The SMILES string of the molecule is COCCNC(=O)c1ccnc(NCCc2c[nH]c3ccccc23)n1. The Balaban J connectivity index is 1.56. The zero-order valence-corrected chi connectivity index (χ0v) is 14.1. The standard InChI is InChI=1S/C18H21N5O2/c1-25-11-10-19-17(24)16-7-9-21-18(23-16)20-8-6-13-12-22-15-5-3-2-4-14(13)15/h2-5,7,9,12,22H,6,8,10-11H2,1H3,(H,19,24)(H,20,21,23). The molecule has 0 aliphatic heterocycles. The van der Waals surface area contributed by atoms with E-state index in [9.17, 15) is 4.79 Å². The van der Waals surface area contributed by atoms with Crippen molar-refractivity contribution in [1.29, 1.82) is 0 Å². The van der Waals surface area contributed by atoms with Gasteiger partial charge in [-0.15, -0.1) is 0 Å². The summed E-state index contributed by atoms with van der Waals surface area (Å²) in [5.41, 5.74) is 2.70. The molecule has 25 heavy (non-hydrogen) atoms. The van der Waals surface area contributed by atoms with Crippen molar-refractivity contribution in [2.75, 3.05) is 32.1 Å². The summed E-state index contributed by atoms with van der Waals surface area (Å²) >= 11 is 0. The third-order valence-corrected chi connectivity index (χ3v) is 3.83. The fourth-order valence-corrected chi connectivity index (χ4v) is 2.57. The number of anilines is 1. The van der Waals surface area contributed by atoms with Gasteiger partial charge in [0.15, 0.2) is 0 Å². The van der Waals surface area contributed by atoms with Crippen molar-refractivity contribution in [1.82, 2.24) is 20.3 Å². The van der Waals surface area contributed by atoms with Gasteiger partial charge in [-0.05, 0) is 24.1 Å². The van der Waals surface area contributed by atoms with Gasteiger partial charge in [-0.2, -0.15) is 0 Å². The summed E-state index contributed by atoms with van der Waals surface area (Å²) in [6.07, 6.45) is 4.43. The summed E-state index contributed by atoms with van der Waals surface area (Å²) in [6.45, 7) is 1.59. The molecule has 7 heteroatoms. The molecule has 0 saturated carbocycles. The van der Waals surface area contributed by atoms with Crippen molar-refractivity contribution in [2.45, 2.75) is 6.42 Å². The highest BCUT2D eigenvalue weighted by molar-refractivity contribution is 5.92. The quantitative estimate of drug-likeness (QED) is 0.546. The van der Waals surface area contributed by atoms with Crippen LogP contribution in [0.3, 0.4) is 0 Å². The van der Waals surface area contributed by atoms with Gasteiger partial charge in [-0.3, -0.25) is 4.79 Å². The molecule has 3 aromatic rings. The predicted molar refractivity (Wildman–Crippen MR) is 96.7 cm³/mol. The summed E-state index contributed by atoms with van der Waals surface area (Å²) < 4.78 is 4.91. The zero-order chi connectivity index (χ0) is 17.5. The van der Waals surface area contributed by atoms with Crippen LogP contribution in [0.25, 0.3) is 10.9 Å². The number of benzene rings is 1. The van der Waals surface area contributed by atoms with Crippen molar-refractivity contribution in [3.05, 3.63) is 54.0 Å². The number of rotatable bonds is 8. The molecule has 3 N–H and O–H groups in total. The highest BCUT2D eigenvalue weighted by Crippen LogP contribution is 2.18. The first-order chi connectivity index (χ1) is 12.3. The van der Waals surface area contributed by atoms with E-state index in [0.717, 1.165) is 11.9 Å². The minimum atomic E-state index is -0.237. The Morgan fingerprint density at radius 3 is 3.00 bits per heavy atom. The highest BCUT2D eigenvalue weighted by atomic mass is 16.5. The molecule has 0 radical (unpaired) electrons. The molecule has 0 fully saturated rings. The van der Waals surface area contributed by atoms with Gasteiger partial charge in [0, 0.05) is 43.5 Å². The molecule has 0 aliphatic carbocycles. The number of amides is 1. The molecular formula is C18H21N5O2. The normalized spacial score (nSPS) is 10.8. The molecule has 0 atom stereocenters. The van der Waals surface area contributed by atoms with Gasteiger partial charge >= 0.3 is 0 Å². The monoisotopic (exact) mass is 339 g/mol. The first kappa shape index (κ1) is 16.9. The summed E-state index contributed by atoms with van der Waals surface area (Å²) in [7, 11) is 1.59. The number of carbonyl (C=O) groups excluding carboxylic acids is 1. The first-order valence-electron chi connectivity index (χ1n) is 8.17. The maximum absolute atomic E-state index is 12.0. The predicted octanol–water partition coefficient (Wildman–Crippen LogP) is 1.99. The van der Waals surface area contributed by atoms with Crippen molar-refractivity contribution >= 4 is 22.8 Å². The van der Waals surface area contributed by atoms with Crippen LogP contribution < -0.4 is 10.6 Å². The third-order valence-electron chi connectivity index (χ3n) is 3.83. The van der Waals surface area contributed by atoms with Crippen LogP contribution in [0.5, 0.6) is 0 Å². The number of nitrogens with one attached hydrogen (secondary N) is 3. The lowest BCUT2D eigenvalue weighted by Crippen LogP contribution is -2.28. The summed E-state index contributed by atoms with van der Waals surface area (Å²) in [4.78, 5) is 23.7. The van der Waals surface area contributed by atoms with E-state index in [4.69, 9.17) is 4.74 Å². The van der Waals surface area contributed by atoms with Crippen LogP contribution >= 0.6 is 0 Å². The highest BCUT2D eigenvalue weighted by Gasteiger charge is 2.08. The van der Waals surface area contributed by atoms with Crippen LogP contribution in [0.4, 0.5) is 5.95 Å². The summed E-state index contributed by atoms with van der Waals surface area (Å²) in [6, 6.07) is 9.79. The largest absolute Gasteiger partial charge is 0.383 e. The molecule has 2 aromatic heterocycles. The number of H-pyrrole nitrogens is 1. The Morgan fingerprint density at radius 2 is 2.12 bits per heavy atom. The fraction of sp³-hybridized carbons (Fsp3) is 0.278. The average Bonchev–Trinajstić information content (AvgIpc) is 3.05. The van der Waals surface area contributed by atoms with E-state index in [1.165, 1.54) is 10.9 Å². The van der Waals surface area contributed by atoms with Crippen LogP contribution in [0, 0.1) is 0 Å². The number of hydrogen-bond donors (Lipinski definition) is 3. The summed E-state index contributed by atoms with van der Waals surface area (Å²) in [5, 5.41) is 7.13. The van der Waals surface area contributed by atoms with Gasteiger partial charge in [-0.1, -0.05) is 18.2 Å². The lowest BCUT2D eigenvalue weighted by atomic mass is 10.1. The second-order valence-corrected chi connectivity index (χ2v) is 5.55. The maximum atomic E-state index is 12.0. The second-order valence-electron chi connectivity index (χ2n) is 5.55. The van der Waals surface area contributed by atoms with Crippen LogP contribution in [-0.4, -0.2) is 47.7 Å². The molecule has 1 amide bonds. The topological polar surface area (TPSA) is 91.9 Å². The Labute approximate surface area is 145 Å². The third kappa shape index (κ3) is 4.33. The Kier molecular flexibility index (Phi) is 5.58. The Morgan fingerprint density at radius 1 is 1.24 bits per heavy atom.